The third-order valence-electron chi connectivity index (χ3n) is 2.87. The van der Waals surface area contributed by atoms with Gasteiger partial charge in [0, 0.05) is 12.2 Å². The first kappa shape index (κ1) is 16.0. The Hall–Kier alpha value is -1.06. The number of ether oxygens (including phenoxy) is 2. The summed E-state index contributed by atoms with van der Waals surface area (Å²) in [6.07, 6.45) is 2.16. The average molecular weight is 265 g/mol. The number of hydrogen-bond acceptors (Lipinski definition) is 3. The molecule has 0 heterocycles. The van der Waals surface area contributed by atoms with Gasteiger partial charge in [0.05, 0.1) is 19.3 Å². The number of rotatable bonds is 10. The van der Waals surface area contributed by atoms with Gasteiger partial charge in [0.25, 0.3) is 0 Å². The summed E-state index contributed by atoms with van der Waals surface area (Å²) in [5.74, 6) is 0.957. The predicted molar refractivity (Wildman–Crippen MR) is 79.8 cm³/mol. The topological polar surface area (TPSA) is 30.5 Å². The highest BCUT2D eigenvalue weighted by atomic mass is 16.5. The summed E-state index contributed by atoms with van der Waals surface area (Å²) in [5.41, 5.74) is 1.19. The minimum atomic E-state index is 0.203. The zero-order chi connectivity index (χ0) is 13.9. The van der Waals surface area contributed by atoms with E-state index in [4.69, 9.17) is 9.47 Å². The Bertz CT molecular complexity index is 341. The highest BCUT2D eigenvalue weighted by molar-refractivity contribution is 5.36. The van der Waals surface area contributed by atoms with Crippen LogP contribution in [-0.2, 0) is 4.74 Å². The fourth-order valence-corrected chi connectivity index (χ4v) is 1.98. The molecule has 1 atom stereocenters. The van der Waals surface area contributed by atoms with Crippen molar-refractivity contribution in [2.24, 2.45) is 0 Å². The van der Waals surface area contributed by atoms with Gasteiger partial charge in [-0.2, -0.15) is 0 Å². The molecule has 0 aliphatic rings. The third kappa shape index (κ3) is 5.62. The normalized spacial score (nSPS) is 12.4. The fourth-order valence-electron chi connectivity index (χ4n) is 1.98. The summed E-state index contributed by atoms with van der Waals surface area (Å²) < 4.78 is 11.4. The lowest BCUT2D eigenvalue weighted by Crippen LogP contribution is -2.27. The molecule has 0 aliphatic heterocycles. The Balaban J connectivity index is 2.76. The summed E-state index contributed by atoms with van der Waals surface area (Å²) in [4.78, 5) is 0. The van der Waals surface area contributed by atoms with Crippen molar-refractivity contribution in [1.82, 2.24) is 5.32 Å². The van der Waals surface area contributed by atoms with E-state index in [2.05, 4.69) is 31.3 Å². The van der Waals surface area contributed by atoms with Gasteiger partial charge in [-0.15, -0.1) is 0 Å². The maximum Gasteiger partial charge on any atom is 0.124 e. The van der Waals surface area contributed by atoms with Gasteiger partial charge in [0.1, 0.15) is 5.75 Å². The second-order valence-corrected chi connectivity index (χ2v) is 4.55. The molecular weight excluding hydrogens is 238 g/mol. The van der Waals surface area contributed by atoms with E-state index in [9.17, 15) is 0 Å². The zero-order valence-electron chi connectivity index (χ0n) is 12.4. The maximum atomic E-state index is 5.71. The summed E-state index contributed by atoms with van der Waals surface area (Å²) in [6, 6.07) is 8.41. The van der Waals surface area contributed by atoms with Gasteiger partial charge in [0.2, 0.25) is 0 Å². The third-order valence-corrected chi connectivity index (χ3v) is 2.87. The molecule has 0 fully saturated rings. The number of nitrogens with one attached hydrogen (secondary N) is 1. The van der Waals surface area contributed by atoms with E-state index >= 15 is 0 Å². The lowest BCUT2D eigenvalue weighted by atomic mass is 10.1. The standard InChI is InChI=1S/C16H27NO2/c1-4-11-17-15(13-18-12-5-2)14-9-7-8-10-16(14)19-6-3/h7-10,15,17H,4-6,11-13H2,1-3H3. The van der Waals surface area contributed by atoms with E-state index in [0.29, 0.717) is 13.2 Å². The highest BCUT2D eigenvalue weighted by Gasteiger charge is 2.15. The smallest absolute Gasteiger partial charge is 0.124 e. The van der Waals surface area contributed by atoms with Crippen LogP contribution in [0.15, 0.2) is 24.3 Å². The molecule has 0 spiro atoms. The van der Waals surface area contributed by atoms with Crippen molar-refractivity contribution < 1.29 is 9.47 Å². The Morgan fingerprint density at radius 3 is 2.58 bits per heavy atom. The molecule has 0 saturated heterocycles. The number of para-hydroxylation sites is 1. The van der Waals surface area contributed by atoms with Crippen molar-refractivity contribution >= 4 is 0 Å². The molecule has 1 rings (SSSR count). The molecular formula is C16H27NO2. The van der Waals surface area contributed by atoms with Gasteiger partial charge in [0.15, 0.2) is 0 Å². The quantitative estimate of drug-likeness (QED) is 0.656. The zero-order valence-corrected chi connectivity index (χ0v) is 12.4. The van der Waals surface area contributed by atoms with Gasteiger partial charge in [-0.05, 0) is 32.4 Å². The van der Waals surface area contributed by atoms with E-state index < -0.39 is 0 Å². The minimum Gasteiger partial charge on any atom is -0.494 e. The molecule has 0 radical (unpaired) electrons. The highest BCUT2D eigenvalue weighted by Crippen LogP contribution is 2.25. The van der Waals surface area contributed by atoms with E-state index in [1.165, 1.54) is 5.56 Å². The Kier molecular flexibility index (Phi) is 8.26. The Morgan fingerprint density at radius 1 is 1.11 bits per heavy atom. The summed E-state index contributed by atoms with van der Waals surface area (Å²) in [7, 11) is 0. The van der Waals surface area contributed by atoms with Crippen LogP contribution in [-0.4, -0.2) is 26.4 Å². The number of benzene rings is 1. The average Bonchev–Trinajstić information content (AvgIpc) is 2.44. The van der Waals surface area contributed by atoms with Gasteiger partial charge in [-0.3, -0.25) is 0 Å². The SMILES string of the molecule is CCCNC(COCCC)c1ccccc1OCC. The van der Waals surface area contributed by atoms with Crippen molar-refractivity contribution in [3.63, 3.8) is 0 Å². The molecule has 1 aromatic rings. The van der Waals surface area contributed by atoms with Crippen molar-refractivity contribution in [2.75, 3.05) is 26.4 Å². The molecule has 0 amide bonds. The monoisotopic (exact) mass is 265 g/mol. The van der Waals surface area contributed by atoms with E-state index in [0.717, 1.165) is 31.7 Å². The van der Waals surface area contributed by atoms with Crippen LogP contribution in [0.3, 0.4) is 0 Å². The molecule has 19 heavy (non-hydrogen) atoms. The molecule has 0 aliphatic carbocycles. The molecule has 0 saturated carbocycles. The fraction of sp³-hybridized carbons (Fsp3) is 0.625. The summed E-state index contributed by atoms with van der Waals surface area (Å²) >= 11 is 0. The lowest BCUT2D eigenvalue weighted by Gasteiger charge is -2.21. The Morgan fingerprint density at radius 2 is 1.89 bits per heavy atom. The largest absolute Gasteiger partial charge is 0.494 e. The Labute approximate surface area is 117 Å². The molecule has 1 aromatic carbocycles. The van der Waals surface area contributed by atoms with Crippen LogP contribution in [0.2, 0.25) is 0 Å². The van der Waals surface area contributed by atoms with Crippen LogP contribution in [0, 0.1) is 0 Å². The lowest BCUT2D eigenvalue weighted by molar-refractivity contribution is 0.111. The molecule has 1 N–H and O–H groups in total. The van der Waals surface area contributed by atoms with Crippen LogP contribution >= 0.6 is 0 Å². The first-order chi connectivity index (χ1) is 9.33. The van der Waals surface area contributed by atoms with Crippen LogP contribution < -0.4 is 10.1 Å². The van der Waals surface area contributed by atoms with Gasteiger partial charge >= 0.3 is 0 Å². The summed E-state index contributed by atoms with van der Waals surface area (Å²) in [5, 5.41) is 3.54. The summed E-state index contributed by atoms with van der Waals surface area (Å²) in [6.45, 7) is 9.49. The minimum absolute atomic E-state index is 0.203. The molecule has 3 heteroatoms. The van der Waals surface area contributed by atoms with Crippen molar-refractivity contribution in [2.45, 2.75) is 39.7 Å². The van der Waals surface area contributed by atoms with Gasteiger partial charge in [-0.25, -0.2) is 0 Å². The molecule has 3 nitrogen and oxygen atoms in total. The predicted octanol–water partition coefficient (Wildman–Crippen LogP) is 3.55. The van der Waals surface area contributed by atoms with Crippen molar-refractivity contribution in [1.29, 1.82) is 0 Å². The second kappa shape index (κ2) is 9.82. The van der Waals surface area contributed by atoms with Crippen LogP contribution in [0.25, 0.3) is 0 Å². The van der Waals surface area contributed by atoms with E-state index in [1.807, 2.05) is 19.1 Å². The number of hydrogen-bond donors (Lipinski definition) is 1. The van der Waals surface area contributed by atoms with Crippen LogP contribution in [0.5, 0.6) is 5.75 Å². The molecule has 1 unspecified atom stereocenters. The van der Waals surface area contributed by atoms with E-state index in [-0.39, 0.29) is 6.04 Å². The molecule has 0 bridgehead atoms. The first-order valence-electron chi connectivity index (χ1n) is 7.36. The van der Waals surface area contributed by atoms with Crippen molar-refractivity contribution in [3.8, 4) is 5.75 Å². The first-order valence-corrected chi connectivity index (χ1v) is 7.36. The maximum absolute atomic E-state index is 5.71. The molecule has 0 aromatic heterocycles. The van der Waals surface area contributed by atoms with E-state index in [1.54, 1.807) is 0 Å². The second-order valence-electron chi connectivity index (χ2n) is 4.55. The van der Waals surface area contributed by atoms with Crippen LogP contribution in [0.4, 0.5) is 0 Å². The van der Waals surface area contributed by atoms with Gasteiger partial charge < -0.3 is 14.8 Å². The molecule has 108 valence electrons. The van der Waals surface area contributed by atoms with Crippen LogP contribution in [0.1, 0.15) is 45.2 Å². The van der Waals surface area contributed by atoms with Crippen molar-refractivity contribution in [3.05, 3.63) is 29.8 Å². The van der Waals surface area contributed by atoms with Gasteiger partial charge in [-0.1, -0.05) is 32.0 Å².